The summed E-state index contributed by atoms with van der Waals surface area (Å²) in [4.78, 5) is 13.0. The Morgan fingerprint density at radius 2 is 2.09 bits per heavy atom. The van der Waals surface area contributed by atoms with Gasteiger partial charge in [0.25, 0.3) is 0 Å². The van der Waals surface area contributed by atoms with E-state index < -0.39 is 11.9 Å². The second-order valence-corrected chi connectivity index (χ2v) is 6.68. The van der Waals surface area contributed by atoms with Gasteiger partial charge in [0.05, 0.1) is 17.6 Å². The first-order valence-corrected chi connectivity index (χ1v) is 8.23. The first kappa shape index (κ1) is 17.1. The molecule has 0 aliphatic carbocycles. The van der Waals surface area contributed by atoms with Crippen LogP contribution in [0.15, 0.2) is 23.6 Å². The monoisotopic (exact) mass is 360 g/mol. The highest BCUT2D eigenvalue weighted by atomic mass is 35.5. The number of urea groups is 1. The van der Waals surface area contributed by atoms with Crippen molar-refractivity contribution in [3.8, 4) is 0 Å². The number of nitrogens with one attached hydrogen (secondary N) is 2. The number of carbonyl (C=O) groups excluding carboxylic acids is 1. The molecule has 118 valence electrons. The van der Waals surface area contributed by atoms with Gasteiger partial charge in [-0.05, 0) is 48.6 Å². The minimum absolute atomic E-state index is 0.0430. The number of amides is 2. The zero-order valence-electron chi connectivity index (χ0n) is 12.0. The van der Waals surface area contributed by atoms with Crippen LogP contribution in [0.25, 0.3) is 0 Å². The van der Waals surface area contributed by atoms with Crippen LogP contribution >= 0.6 is 34.5 Å². The molecule has 0 radical (unpaired) electrons. The van der Waals surface area contributed by atoms with Gasteiger partial charge < -0.3 is 10.6 Å². The fourth-order valence-electron chi connectivity index (χ4n) is 1.94. The number of benzene rings is 1. The molecule has 0 saturated carbocycles. The highest BCUT2D eigenvalue weighted by Crippen LogP contribution is 2.28. The van der Waals surface area contributed by atoms with Crippen LogP contribution in [-0.2, 0) is 6.54 Å². The van der Waals surface area contributed by atoms with Crippen molar-refractivity contribution < 1.29 is 9.18 Å². The third-order valence-corrected chi connectivity index (χ3v) is 4.87. The van der Waals surface area contributed by atoms with Crippen LogP contribution < -0.4 is 10.6 Å². The van der Waals surface area contributed by atoms with Crippen molar-refractivity contribution in [1.82, 2.24) is 10.6 Å². The maximum absolute atomic E-state index is 13.5. The normalized spacial score (nSPS) is 12.0. The lowest BCUT2D eigenvalue weighted by Crippen LogP contribution is -2.36. The van der Waals surface area contributed by atoms with Crippen molar-refractivity contribution in [3.05, 3.63) is 55.4 Å². The summed E-state index contributed by atoms with van der Waals surface area (Å²) in [6, 6.07) is 3.78. The molecule has 7 heteroatoms. The summed E-state index contributed by atoms with van der Waals surface area (Å²) < 4.78 is 13.5. The molecule has 1 aromatic carbocycles. The number of rotatable bonds is 4. The Labute approximate surface area is 142 Å². The molecule has 2 aromatic rings. The highest BCUT2D eigenvalue weighted by molar-refractivity contribution is 7.10. The summed E-state index contributed by atoms with van der Waals surface area (Å²) in [6.07, 6.45) is 0. The second-order valence-electron chi connectivity index (χ2n) is 4.86. The summed E-state index contributed by atoms with van der Waals surface area (Å²) >= 11 is 13.3. The van der Waals surface area contributed by atoms with E-state index in [-0.39, 0.29) is 11.1 Å². The quantitative estimate of drug-likeness (QED) is 0.734. The number of thiophene rings is 1. The molecule has 1 atom stereocenters. The molecule has 2 N–H and O–H groups in total. The summed E-state index contributed by atoms with van der Waals surface area (Å²) in [5, 5.41) is 7.74. The van der Waals surface area contributed by atoms with Crippen LogP contribution in [0.1, 0.15) is 29.0 Å². The first-order valence-electron chi connectivity index (χ1n) is 6.60. The van der Waals surface area contributed by atoms with Crippen LogP contribution in [0.2, 0.25) is 10.0 Å². The van der Waals surface area contributed by atoms with Crippen molar-refractivity contribution in [2.45, 2.75) is 26.4 Å². The summed E-state index contributed by atoms with van der Waals surface area (Å²) in [7, 11) is 0. The van der Waals surface area contributed by atoms with Gasteiger partial charge in [-0.1, -0.05) is 23.2 Å². The average Bonchev–Trinajstić information content (AvgIpc) is 2.86. The Balaban J connectivity index is 1.96. The van der Waals surface area contributed by atoms with Crippen LogP contribution in [0.3, 0.4) is 0 Å². The predicted molar refractivity (Wildman–Crippen MR) is 89.3 cm³/mol. The Hall–Kier alpha value is -1.30. The summed E-state index contributed by atoms with van der Waals surface area (Å²) in [5.74, 6) is -0.565. The van der Waals surface area contributed by atoms with Gasteiger partial charge in [-0.25, -0.2) is 9.18 Å². The molecule has 0 aliphatic rings. The van der Waals surface area contributed by atoms with Crippen LogP contribution in [0, 0.1) is 12.7 Å². The molecule has 0 saturated heterocycles. The van der Waals surface area contributed by atoms with E-state index in [1.807, 2.05) is 18.4 Å². The van der Waals surface area contributed by atoms with Gasteiger partial charge in [0.2, 0.25) is 0 Å². The van der Waals surface area contributed by atoms with Crippen LogP contribution in [0.5, 0.6) is 0 Å². The molecule has 2 amide bonds. The smallest absolute Gasteiger partial charge is 0.315 e. The summed E-state index contributed by atoms with van der Waals surface area (Å²) in [5.41, 5.74) is 1.62. The van der Waals surface area contributed by atoms with Gasteiger partial charge in [-0.2, -0.15) is 0 Å². The van der Waals surface area contributed by atoms with E-state index in [1.54, 1.807) is 18.3 Å². The predicted octanol–water partition coefficient (Wildman–Crippen LogP) is 5.06. The molecule has 0 spiro atoms. The Morgan fingerprint density at radius 1 is 1.36 bits per heavy atom. The van der Waals surface area contributed by atoms with Gasteiger partial charge in [0.15, 0.2) is 0 Å². The van der Waals surface area contributed by atoms with Gasteiger partial charge >= 0.3 is 6.03 Å². The number of hydrogen-bond donors (Lipinski definition) is 2. The van der Waals surface area contributed by atoms with E-state index in [0.717, 1.165) is 10.4 Å². The van der Waals surface area contributed by atoms with E-state index in [4.69, 9.17) is 23.2 Å². The zero-order chi connectivity index (χ0) is 16.3. The standard InChI is InChI=1S/C15H15Cl2FN2OS/c1-8-3-4-22-14(8)7-19-15(21)20-9(2)10-5-13(18)12(17)6-11(10)16/h3-6,9H,7H2,1-2H3,(H2,19,20,21). The van der Waals surface area contributed by atoms with E-state index in [0.29, 0.717) is 17.1 Å². The molecule has 0 fully saturated rings. The minimum Gasteiger partial charge on any atom is -0.333 e. The van der Waals surface area contributed by atoms with Crippen LogP contribution in [0.4, 0.5) is 9.18 Å². The lowest BCUT2D eigenvalue weighted by molar-refractivity contribution is 0.237. The zero-order valence-corrected chi connectivity index (χ0v) is 14.4. The van der Waals surface area contributed by atoms with Crippen molar-refractivity contribution in [3.63, 3.8) is 0 Å². The molecule has 22 heavy (non-hydrogen) atoms. The number of hydrogen-bond acceptors (Lipinski definition) is 2. The maximum Gasteiger partial charge on any atom is 0.315 e. The number of carbonyl (C=O) groups is 1. The topological polar surface area (TPSA) is 41.1 Å². The lowest BCUT2D eigenvalue weighted by Gasteiger charge is -2.17. The van der Waals surface area contributed by atoms with Crippen LogP contribution in [-0.4, -0.2) is 6.03 Å². The number of aryl methyl sites for hydroxylation is 1. The third-order valence-electron chi connectivity index (χ3n) is 3.23. The minimum atomic E-state index is -0.565. The largest absolute Gasteiger partial charge is 0.333 e. The Bertz CT molecular complexity index is 690. The highest BCUT2D eigenvalue weighted by Gasteiger charge is 2.15. The van der Waals surface area contributed by atoms with E-state index in [9.17, 15) is 9.18 Å². The first-order chi connectivity index (χ1) is 10.4. The summed E-state index contributed by atoms with van der Waals surface area (Å²) in [6.45, 7) is 4.17. The Kier molecular flexibility index (Phi) is 5.67. The van der Waals surface area contributed by atoms with Crippen molar-refractivity contribution in [1.29, 1.82) is 0 Å². The van der Waals surface area contributed by atoms with Gasteiger partial charge in [-0.3, -0.25) is 0 Å². The van der Waals surface area contributed by atoms with Crippen molar-refractivity contribution in [2.24, 2.45) is 0 Å². The van der Waals surface area contributed by atoms with Gasteiger partial charge in [-0.15, -0.1) is 11.3 Å². The molecular weight excluding hydrogens is 346 g/mol. The average molecular weight is 361 g/mol. The fourth-order valence-corrected chi connectivity index (χ4v) is 3.33. The van der Waals surface area contributed by atoms with E-state index in [2.05, 4.69) is 10.6 Å². The molecule has 1 heterocycles. The molecule has 1 unspecified atom stereocenters. The van der Waals surface area contributed by atoms with E-state index >= 15 is 0 Å². The number of halogens is 3. The van der Waals surface area contributed by atoms with Crippen molar-refractivity contribution in [2.75, 3.05) is 0 Å². The molecule has 3 nitrogen and oxygen atoms in total. The molecule has 1 aromatic heterocycles. The van der Waals surface area contributed by atoms with Crippen molar-refractivity contribution >= 4 is 40.6 Å². The van der Waals surface area contributed by atoms with Gasteiger partial charge in [0.1, 0.15) is 5.82 Å². The molecule has 0 bridgehead atoms. The molecular formula is C15H15Cl2FN2OS. The molecule has 0 aliphatic heterocycles. The fraction of sp³-hybridized carbons (Fsp3) is 0.267. The second kappa shape index (κ2) is 7.31. The SMILES string of the molecule is Cc1ccsc1CNC(=O)NC(C)c1cc(F)c(Cl)cc1Cl. The van der Waals surface area contributed by atoms with Gasteiger partial charge in [0, 0.05) is 9.90 Å². The molecule has 2 rings (SSSR count). The van der Waals surface area contributed by atoms with E-state index in [1.165, 1.54) is 12.1 Å². The lowest BCUT2D eigenvalue weighted by atomic mass is 10.1. The third kappa shape index (κ3) is 4.12. The Morgan fingerprint density at radius 3 is 2.73 bits per heavy atom. The maximum atomic E-state index is 13.5.